The van der Waals surface area contributed by atoms with Gasteiger partial charge < -0.3 is 0 Å². The highest BCUT2D eigenvalue weighted by atomic mass is 16.1. The molecule has 0 aromatic carbocycles. The van der Waals surface area contributed by atoms with Crippen LogP contribution in [-0.4, -0.2) is 5.78 Å². The van der Waals surface area contributed by atoms with E-state index in [4.69, 9.17) is 0 Å². The van der Waals surface area contributed by atoms with E-state index in [-0.39, 0.29) is 0 Å². The van der Waals surface area contributed by atoms with Crippen molar-refractivity contribution in [1.82, 2.24) is 0 Å². The molecule has 4 fully saturated rings. The molecule has 0 radical (unpaired) electrons. The van der Waals surface area contributed by atoms with Crippen LogP contribution in [0.25, 0.3) is 0 Å². The number of carbonyl (C=O) groups excluding carboxylic acids is 1. The van der Waals surface area contributed by atoms with Crippen LogP contribution in [0.15, 0.2) is 0 Å². The molecule has 0 bridgehead atoms. The third kappa shape index (κ3) is 0.194. The summed E-state index contributed by atoms with van der Waals surface area (Å²) in [7, 11) is 0. The van der Waals surface area contributed by atoms with E-state index in [0.717, 1.165) is 23.7 Å². The first-order valence-electron chi connectivity index (χ1n) is 3.93. The van der Waals surface area contributed by atoms with E-state index in [2.05, 4.69) is 0 Å². The van der Waals surface area contributed by atoms with Crippen molar-refractivity contribution in [2.45, 2.75) is 6.42 Å². The van der Waals surface area contributed by atoms with Gasteiger partial charge in [0.25, 0.3) is 0 Å². The summed E-state index contributed by atoms with van der Waals surface area (Å²) in [5.74, 6) is 5.51. The van der Waals surface area contributed by atoms with E-state index in [9.17, 15) is 4.79 Å². The molecule has 0 N–H and O–H groups in total. The summed E-state index contributed by atoms with van der Waals surface area (Å²) in [5.41, 5.74) is 0. The predicted octanol–water partition coefficient (Wildman–Crippen LogP) is 0.697. The molecule has 4 aliphatic rings. The third-order valence-electron chi connectivity index (χ3n) is 4.10. The second-order valence-corrected chi connectivity index (χ2v) is 4.17. The first-order chi connectivity index (χ1) is 4.39. The van der Waals surface area contributed by atoms with Crippen LogP contribution in [-0.2, 0) is 4.79 Å². The van der Waals surface area contributed by atoms with Gasteiger partial charge in [-0.2, -0.15) is 0 Å². The Morgan fingerprint density at radius 1 is 1.11 bits per heavy atom. The Morgan fingerprint density at radius 2 is 1.67 bits per heavy atom. The van der Waals surface area contributed by atoms with Gasteiger partial charge in [-0.05, 0) is 30.1 Å². The van der Waals surface area contributed by atoms with Gasteiger partial charge in [0.1, 0.15) is 5.78 Å². The molecule has 0 aromatic rings. The highest BCUT2D eigenvalue weighted by Crippen LogP contribution is 2.82. The number of ketones is 1. The first kappa shape index (κ1) is 3.75. The summed E-state index contributed by atoms with van der Waals surface area (Å²) >= 11 is 0. The van der Waals surface area contributed by atoms with Crippen LogP contribution in [0.5, 0.6) is 0 Å². The van der Waals surface area contributed by atoms with Gasteiger partial charge in [0, 0.05) is 11.8 Å². The van der Waals surface area contributed by atoms with Gasteiger partial charge >= 0.3 is 0 Å². The summed E-state index contributed by atoms with van der Waals surface area (Å²) in [4.78, 5) is 11.2. The second-order valence-electron chi connectivity index (χ2n) is 4.17. The monoisotopic (exact) mass is 120 g/mol. The topological polar surface area (TPSA) is 17.1 Å². The molecule has 1 nitrogen and oxygen atoms in total. The molecule has 0 spiro atoms. The summed E-state index contributed by atoms with van der Waals surface area (Å²) in [6, 6.07) is 0. The summed E-state index contributed by atoms with van der Waals surface area (Å²) < 4.78 is 0. The van der Waals surface area contributed by atoms with Crippen LogP contribution >= 0.6 is 0 Å². The van der Waals surface area contributed by atoms with E-state index in [1.807, 2.05) is 0 Å². The maximum atomic E-state index is 11.2. The van der Waals surface area contributed by atoms with Gasteiger partial charge in [-0.25, -0.2) is 0 Å². The minimum absolute atomic E-state index is 0.602. The van der Waals surface area contributed by atoms with Crippen LogP contribution < -0.4 is 0 Å². The Bertz CT molecular complexity index is 211. The number of hydrogen-bond acceptors (Lipinski definition) is 1. The lowest BCUT2D eigenvalue weighted by molar-refractivity contribution is -0.122. The van der Waals surface area contributed by atoms with Crippen LogP contribution in [0.2, 0.25) is 0 Å². The molecule has 1 heteroatoms. The Hall–Kier alpha value is -0.330. The molecule has 0 heterocycles. The molecule has 4 rings (SSSR count). The fourth-order valence-electron chi connectivity index (χ4n) is 3.80. The Morgan fingerprint density at radius 3 is 1.89 bits per heavy atom. The smallest absolute Gasteiger partial charge is 0.140 e. The van der Waals surface area contributed by atoms with Crippen molar-refractivity contribution in [2.24, 2.45) is 35.5 Å². The number of fused-ring (bicyclic) bond motifs is 2. The Labute approximate surface area is 53.4 Å². The van der Waals surface area contributed by atoms with Crippen LogP contribution in [0, 0.1) is 35.5 Å². The summed E-state index contributed by atoms with van der Waals surface area (Å²) in [6.45, 7) is 0. The molecule has 9 heavy (non-hydrogen) atoms. The van der Waals surface area contributed by atoms with Crippen molar-refractivity contribution >= 4 is 5.78 Å². The SMILES string of the molecule is O=C1C2C3CC4C1C4C32. The van der Waals surface area contributed by atoms with Gasteiger partial charge in [-0.3, -0.25) is 4.79 Å². The van der Waals surface area contributed by atoms with Crippen LogP contribution in [0.4, 0.5) is 0 Å². The van der Waals surface area contributed by atoms with Crippen molar-refractivity contribution in [3.63, 3.8) is 0 Å². The number of rotatable bonds is 0. The molecule has 46 valence electrons. The van der Waals surface area contributed by atoms with Gasteiger partial charge in [0.15, 0.2) is 0 Å². The molecule has 0 saturated heterocycles. The van der Waals surface area contributed by atoms with Crippen molar-refractivity contribution in [3.05, 3.63) is 0 Å². The Kier molecular flexibility index (Phi) is 0.302. The van der Waals surface area contributed by atoms with E-state index >= 15 is 0 Å². The average molecular weight is 120 g/mol. The molecule has 4 aliphatic carbocycles. The van der Waals surface area contributed by atoms with Gasteiger partial charge in [-0.15, -0.1) is 0 Å². The molecular formula is C8H8O. The predicted molar refractivity (Wildman–Crippen MR) is 30.6 cm³/mol. The zero-order chi connectivity index (χ0) is 5.75. The first-order valence-corrected chi connectivity index (χ1v) is 3.93. The standard InChI is InChI=1S/C8H8O/c9-8-6-2-1-3-5(4(2)6)7(3)8/h2-7H,1H2. The van der Waals surface area contributed by atoms with E-state index in [1.165, 1.54) is 6.42 Å². The lowest BCUT2D eigenvalue weighted by atomic mass is 10.00. The van der Waals surface area contributed by atoms with E-state index in [0.29, 0.717) is 17.6 Å². The number of Topliss-reactive ketones (excluding diaryl/α,β-unsaturated/α-hetero) is 1. The van der Waals surface area contributed by atoms with Crippen LogP contribution in [0.1, 0.15) is 6.42 Å². The number of carbonyl (C=O) groups is 1. The second kappa shape index (κ2) is 0.727. The molecule has 0 amide bonds. The Balaban J connectivity index is 2.04. The lowest BCUT2D eigenvalue weighted by Crippen LogP contribution is -2.11. The zero-order valence-corrected chi connectivity index (χ0v) is 5.08. The van der Waals surface area contributed by atoms with E-state index in [1.54, 1.807) is 0 Å². The minimum atomic E-state index is 0.602. The number of hydrogen-bond donors (Lipinski definition) is 0. The molecule has 0 aromatic heterocycles. The van der Waals surface area contributed by atoms with Gasteiger partial charge in [0.2, 0.25) is 0 Å². The largest absolute Gasteiger partial charge is 0.299 e. The van der Waals surface area contributed by atoms with Crippen LogP contribution in [0.3, 0.4) is 0 Å². The average Bonchev–Trinajstić information content (AvgIpc) is 2.65. The molecule has 4 saturated carbocycles. The highest BCUT2D eigenvalue weighted by Gasteiger charge is 2.83. The normalized spacial score (nSPS) is 78.9. The summed E-state index contributed by atoms with van der Waals surface area (Å²) in [6.07, 6.45) is 1.43. The quantitative estimate of drug-likeness (QED) is 0.460. The zero-order valence-electron chi connectivity index (χ0n) is 5.08. The fraction of sp³-hybridized carbons (Fsp3) is 0.875. The molecule has 0 aliphatic heterocycles. The van der Waals surface area contributed by atoms with Crippen molar-refractivity contribution in [3.8, 4) is 0 Å². The summed E-state index contributed by atoms with van der Waals surface area (Å²) in [5, 5.41) is 0. The highest BCUT2D eigenvalue weighted by molar-refractivity contribution is 5.95. The fourth-order valence-corrected chi connectivity index (χ4v) is 3.80. The molecular weight excluding hydrogens is 112 g/mol. The van der Waals surface area contributed by atoms with Crippen molar-refractivity contribution in [1.29, 1.82) is 0 Å². The molecule has 6 atom stereocenters. The minimum Gasteiger partial charge on any atom is -0.299 e. The lowest BCUT2D eigenvalue weighted by Gasteiger charge is -2.03. The van der Waals surface area contributed by atoms with Crippen molar-refractivity contribution in [2.75, 3.05) is 0 Å². The van der Waals surface area contributed by atoms with E-state index < -0.39 is 0 Å². The van der Waals surface area contributed by atoms with Crippen molar-refractivity contribution < 1.29 is 4.79 Å². The maximum absolute atomic E-state index is 11.2. The molecule has 6 unspecified atom stereocenters. The van der Waals surface area contributed by atoms with Gasteiger partial charge in [0.05, 0.1) is 0 Å². The van der Waals surface area contributed by atoms with Gasteiger partial charge in [-0.1, -0.05) is 0 Å². The third-order valence-corrected chi connectivity index (χ3v) is 4.10. The maximum Gasteiger partial charge on any atom is 0.140 e.